The van der Waals surface area contributed by atoms with Gasteiger partial charge in [-0.05, 0) is 58.5 Å². The standard InChI is InChI=1S/C14H28N2O.C2H6/c1-12(2)16-9-5-14(6-10-16)17-11-13-3-7-15-8-4-13;1-2/h12-15H,3-11H2,1-2H3;1-2H3. The van der Waals surface area contributed by atoms with Gasteiger partial charge in [-0.3, -0.25) is 0 Å². The molecule has 2 heterocycles. The van der Waals surface area contributed by atoms with Crippen molar-refractivity contribution in [2.24, 2.45) is 5.92 Å². The molecular formula is C16H34N2O. The average Bonchev–Trinajstić information content (AvgIpc) is 2.49. The molecule has 19 heavy (non-hydrogen) atoms. The first-order chi connectivity index (χ1) is 9.25. The van der Waals surface area contributed by atoms with Crippen molar-refractivity contribution in [3.05, 3.63) is 0 Å². The monoisotopic (exact) mass is 270 g/mol. The first kappa shape index (κ1) is 16.9. The van der Waals surface area contributed by atoms with Crippen LogP contribution in [-0.4, -0.2) is 49.8 Å². The van der Waals surface area contributed by atoms with Crippen molar-refractivity contribution in [3.63, 3.8) is 0 Å². The average molecular weight is 270 g/mol. The third kappa shape index (κ3) is 6.24. The smallest absolute Gasteiger partial charge is 0.0599 e. The van der Waals surface area contributed by atoms with Crippen LogP contribution in [0.3, 0.4) is 0 Å². The summed E-state index contributed by atoms with van der Waals surface area (Å²) in [7, 11) is 0. The van der Waals surface area contributed by atoms with Crippen LogP contribution in [0, 0.1) is 5.92 Å². The number of rotatable bonds is 4. The molecule has 3 heteroatoms. The largest absolute Gasteiger partial charge is 0.378 e. The quantitative estimate of drug-likeness (QED) is 0.850. The second-order valence-corrected chi connectivity index (χ2v) is 5.86. The molecule has 3 nitrogen and oxygen atoms in total. The molecule has 0 unspecified atom stereocenters. The lowest BCUT2D eigenvalue weighted by Gasteiger charge is -2.35. The van der Waals surface area contributed by atoms with E-state index >= 15 is 0 Å². The van der Waals surface area contributed by atoms with Gasteiger partial charge in [-0.1, -0.05) is 13.8 Å². The Hall–Kier alpha value is -0.120. The molecule has 0 aromatic carbocycles. The zero-order valence-corrected chi connectivity index (χ0v) is 13.5. The summed E-state index contributed by atoms with van der Waals surface area (Å²) in [6, 6.07) is 0.695. The van der Waals surface area contributed by atoms with Crippen LogP contribution in [0.4, 0.5) is 0 Å². The molecule has 0 atom stereocenters. The fourth-order valence-corrected chi connectivity index (χ4v) is 2.88. The molecule has 2 rings (SSSR count). The first-order valence-corrected chi connectivity index (χ1v) is 8.32. The molecule has 1 N–H and O–H groups in total. The maximum atomic E-state index is 6.10. The minimum Gasteiger partial charge on any atom is -0.378 e. The molecule has 114 valence electrons. The van der Waals surface area contributed by atoms with E-state index in [1.165, 1.54) is 51.9 Å². The minimum atomic E-state index is 0.528. The Morgan fingerprint density at radius 2 is 1.63 bits per heavy atom. The number of ether oxygens (including phenoxy) is 1. The second kappa shape index (κ2) is 9.73. The molecule has 0 radical (unpaired) electrons. The number of nitrogens with zero attached hydrogens (tertiary/aromatic N) is 1. The van der Waals surface area contributed by atoms with Gasteiger partial charge in [0.25, 0.3) is 0 Å². The molecule has 2 fully saturated rings. The van der Waals surface area contributed by atoms with Crippen LogP contribution >= 0.6 is 0 Å². The van der Waals surface area contributed by atoms with E-state index in [-0.39, 0.29) is 0 Å². The van der Waals surface area contributed by atoms with Crippen LogP contribution in [0.5, 0.6) is 0 Å². The summed E-state index contributed by atoms with van der Waals surface area (Å²) in [5.74, 6) is 0.805. The number of likely N-dealkylation sites (tertiary alicyclic amines) is 1. The van der Waals surface area contributed by atoms with Crippen LogP contribution < -0.4 is 5.32 Å². The third-order valence-electron chi connectivity index (χ3n) is 4.23. The van der Waals surface area contributed by atoms with Crippen molar-refractivity contribution in [1.82, 2.24) is 10.2 Å². The Morgan fingerprint density at radius 1 is 1.05 bits per heavy atom. The van der Waals surface area contributed by atoms with E-state index < -0.39 is 0 Å². The molecule has 2 aliphatic rings. The van der Waals surface area contributed by atoms with Gasteiger partial charge in [0, 0.05) is 25.7 Å². The van der Waals surface area contributed by atoms with Crippen LogP contribution in [0.2, 0.25) is 0 Å². The Bertz CT molecular complexity index is 207. The van der Waals surface area contributed by atoms with Crippen LogP contribution in [0.15, 0.2) is 0 Å². The molecule has 2 saturated heterocycles. The summed E-state index contributed by atoms with van der Waals surface area (Å²) < 4.78 is 6.10. The highest BCUT2D eigenvalue weighted by Gasteiger charge is 2.22. The maximum Gasteiger partial charge on any atom is 0.0599 e. The number of nitrogens with one attached hydrogen (secondary N) is 1. The molecule has 0 aromatic rings. The number of hydrogen-bond donors (Lipinski definition) is 1. The van der Waals surface area contributed by atoms with E-state index in [9.17, 15) is 0 Å². The predicted molar refractivity (Wildman–Crippen MR) is 82.6 cm³/mol. The molecule has 2 aliphatic heterocycles. The lowest BCUT2D eigenvalue weighted by Crippen LogP contribution is -2.41. The van der Waals surface area contributed by atoms with Gasteiger partial charge in [-0.15, -0.1) is 0 Å². The highest BCUT2D eigenvalue weighted by molar-refractivity contribution is 4.75. The van der Waals surface area contributed by atoms with Crippen LogP contribution in [0.1, 0.15) is 53.4 Å². The number of piperidine rings is 2. The van der Waals surface area contributed by atoms with Crippen molar-refractivity contribution in [3.8, 4) is 0 Å². The van der Waals surface area contributed by atoms with Gasteiger partial charge in [-0.2, -0.15) is 0 Å². The van der Waals surface area contributed by atoms with E-state index in [1.54, 1.807) is 0 Å². The van der Waals surface area contributed by atoms with Crippen molar-refractivity contribution in [2.75, 3.05) is 32.8 Å². The Balaban J connectivity index is 0.000000861. The fourth-order valence-electron chi connectivity index (χ4n) is 2.88. The summed E-state index contributed by atoms with van der Waals surface area (Å²) in [5, 5.41) is 3.41. The molecule has 0 bridgehead atoms. The zero-order valence-electron chi connectivity index (χ0n) is 13.5. The van der Waals surface area contributed by atoms with E-state index in [0.29, 0.717) is 12.1 Å². The van der Waals surface area contributed by atoms with Crippen LogP contribution in [-0.2, 0) is 4.74 Å². The minimum absolute atomic E-state index is 0.528. The highest BCUT2D eigenvalue weighted by Crippen LogP contribution is 2.19. The van der Waals surface area contributed by atoms with Gasteiger partial charge in [0.15, 0.2) is 0 Å². The van der Waals surface area contributed by atoms with E-state index in [2.05, 4.69) is 24.1 Å². The summed E-state index contributed by atoms with van der Waals surface area (Å²) in [6.45, 7) is 14.4. The van der Waals surface area contributed by atoms with Gasteiger partial charge < -0.3 is 15.0 Å². The fraction of sp³-hybridized carbons (Fsp3) is 1.00. The summed E-state index contributed by atoms with van der Waals surface area (Å²) in [6.07, 6.45) is 5.57. The predicted octanol–water partition coefficient (Wildman–Crippen LogP) is 2.90. The molecule has 0 amide bonds. The summed E-state index contributed by atoms with van der Waals surface area (Å²) in [5.41, 5.74) is 0. The Morgan fingerprint density at radius 3 is 2.16 bits per heavy atom. The Kier molecular flexibility index (Phi) is 8.67. The lowest BCUT2D eigenvalue weighted by molar-refractivity contribution is -0.0181. The Labute approximate surface area is 120 Å². The first-order valence-electron chi connectivity index (χ1n) is 8.32. The van der Waals surface area contributed by atoms with E-state index in [0.717, 1.165) is 12.5 Å². The van der Waals surface area contributed by atoms with Gasteiger partial charge >= 0.3 is 0 Å². The summed E-state index contributed by atoms with van der Waals surface area (Å²) in [4.78, 5) is 2.56. The molecular weight excluding hydrogens is 236 g/mol. The highest BCUT2D eigenvalue weighted by atomic mass is 16.5. The molecule has 0 spiro atoms. The summed E-state index contributed by atoms with van der Waals surface area (Å²) >= 11 is 0. The molecule has 0 saturated carbocycles. The third-order valence-corrected chi connectivity index (χ3v) is 4.23. The van der Waals surface area contributed by atoms with Crippen molar-refractivity contribution < 1.29 is 4.74 Å². The van der Waals surface area contributed by atoms with Crippen molar-refractivity contribution in [1.29, 1.82) is 0 Å². The zero-order chi connectivity index (χ0) is 14.1. The van der Waals surface area contributed by atoms with E-state index in [4.69, 9.17) is 4.74 Å². The lowest BCUT2D eigenvalue weighted by atomic mass is 9.99. The van der Waals surface area contributed by atoms with Gasteiger partial charge in [-0.25, -0.2) is 0 Å². The molecule has 0 aliphatic carbocycles. The van der Waals surface area contributed by atoms with Gasteiger partial charge in [0.1, 0.15) is 0 Å². The van der Waals surface area contributed by atoms with Crippen molar-refractivity contribution in [2.45, 2.75) is 65.5 Å². The van der Waals surface area contributed by atoms with Gasteiger partial charge in [0.2, 0.25) is 0 Å². The SMILES string of the molecule is CC.CC(C)N1CCC(OCC2CCNCC2)CC1. The van der Waals surface area contributed by atoms with Gasteiger partial charge in [0.05, 0.1) is 6.10 Å². The van der Waals surface area contributed by atoms with Crippen LogP contribution in [0.25, 0.3) is 0 Å². The molecule has 0 aromatic heterocycles. The van der Waals surface area contributed by atoms with E-state index in [1.807, 2.05) is 13.8 Å². The topological polar surface area (TPSA) is 24.5 Å². The maximum absolute atomic E-state index is 6.10. The second-order valence-electron chi connectivity index (χ2n) is 5.86. The van der Waals surface area contributed by atoms with Crippen molar-refractivity contribution >= 4 is 0 Å². The number of hydrogen-bond acceptors (Lipinski definition) is 3. The normalized spacial score (nSPS) is 23.2.